The summed E-state index contributed by atoms with van der Waals surface area (Å²) in [6.45, 7) is 7.03. The number of rotatable bonds is 5. The van der Waals surface area contributed by atoms with Crippen molar-refractivity contribution in [3.8, 4) is 0 Å². The van der Waals surface area contributed by atoms with Gasteiger partial charge in [-0.1, -0.05) is 18.2 Å². The van der Waals surface area contributed by atoms with E-state index in [0.717, 1.165) is 25.1 Å². The highest BCUT2D eigenvalue weighted by Gasteiger charge is 2.23. The number of urea groups is 1. The van der Waals surface area contributed by atoms with E-state index < -0.39 is 0 Å². The quantitative estimate of drug-likeness (QED) is 0.875. The largest absolute Gasteiger partial charge is 0.338 e. The van der Waals surface area contributed by atoms with Gasteiger partial charge in [0.2, 0.25) is 0 Å². The van der Waals surface area contributed by atoms with Crippen LogP contribution < -0.4 is 10.6 Å². The molecular formula is C16H24FN3O. The Hall–Kier alpha value is -1.62. The van der Waals surface area contributed by atoms with Crippen LogP contribution >= 0.6 is 0 Å². The molecule has 1 aliphatic heterocycles. The van der Waals surface area contributed by atoms with Crippen molar-refractivity contribution in [2.75, 3.05) is 19.6 Å². The van der Waals surface area contributed by atoms with Crippen molar-refractivity contribution in [3.63, 3.8) is 0 Å². The Labute approximate surface area is 125 Å². The summed E-state index contributed by atoms with van der Waals surface area (Å²) in [6, 6.07) is 6.94. The predicted octanol–water partition coefficient (Wildman–Crippen LogP) is 2.36. The minimum absolute atomic E-state index is 0.113. The standard InChI is InChI=1S/C16H24FN3O/c1-12(2)19-16(21)18-9-13-7-8-20(10-13)11-14-5-3-4-6-15(14)17/h3-6,12-13H,7-11H2,1-2H3,(H2,18,19,21). The number of benzene rings is 1. The van der Waals surface area contributed by atoms with Crippen LogP contribution in [0.3, 0.4) is 0 Å². The first-order valence-electron chi connectivity index (χ1n) is 7.54. The Morgan fingerprint density at radius 1 is 1.43 bits per heavy atom. The molecule has 0 aromatic heterocycles. The van der Waals surface area contributed by atoms with Gasteiger partial charge in [0, 0.05) is 31.2 Å². The van der Waals surface area contributed by atoms with Crippen molar-refractivity contribution in [2.24, 2.45) is 5.92 Å². The maximum Gasteiger partial charge on any atom is 0.314 e. The molecule has 4 nitrogen and oxygen atoms in total. The zero-order valence-electron chi connectivity index (χ0n) is 12.7. The molecule has 5 heteroatoms. The number of carbonyl (C=O) groups is 1. The number of likely N-dealkylation sites (tertiary alicyclic amines) is 1. The molecule has 116 valence electrons. The highest BCUT2D eigenvalue weighted by atomic mass is 19.1. The summed E-state index contributed by atoms with van der Waals surface area (Å²) >= 11 is 0. The molecule has 0 radical (unpaired) electrons. The molecule has 1 atom stereocenters. The molecule has 2 N–H and O–H groups in total. The summed E-state index contributed by atoms with van der Waals surface area (Å²) in [5.74, 6) is 0.296. The Morgan fingerprint density at radius 2 is 2.19 bits per heavy atom. The van der Waals surface area contributed by atoms with Crippen LogP contribution in [0.1, 0.15) is 25.8 Å². The minimum atomic E-state index is -0.143. The molecule has 0 aliphatic carbocycles. The number of amides is 2. The number of nitrogens with zero attached hydrogens (tertiary/aromatic N) is 1. The third-order valence-electron chi connectivity index (χ3n) is 3.69. The van der Waals surface area contributed by atoms with Crippen molar-refractivity contribution in [1.29, 1.82) is 0 Å². The van der Waals surface area contributed by atoms with E-state index in [1.165, 1.54) is 6.07 Å². The van der Waals surface area contributed by atoms with Gasteiger partial charge in [-0.15, -0.1) is 0 Å². The maximum atomic E-state index is 13.6. The van der Waals surface area contributed by atoms with Gasteiger partial charge >= 0.3 is 6.03 Å². The van der Waals surface area contributed by atoms with Gasteiger partial charge in [0.1, 0.15) is 5.82 Å². The van der Waals surface area contributed by atoms with Gasteiger partial charge in [-0.25, -0.2) is 9.18 Å². The molecule has 0 saturated carbocycles. The predicted molar refractivity (Wildman–Crippen MR) is 81.5 cm³/mol. The topological polar surface area (TPSA) is 44.4 Å². The molecule has 1 heterocycles. The smallest absolute Gasteiger partial charge is 0.314 e. The fourth-order valence-corrected chi connectivity index (χ4v) is 2.64. The lowest BCUT2D eigenvalue weighted by atomic mass is 10.1. The number of hydrogen-bond donors (Lipinski definition) is 2. The van der Waals surface area contributed by atoms with Gasteiger partial charge in [-0.05, 0) is 38.8 Å². The van der Waals surface area contributed by atoms with Crippen molar-refractivity contribution in [1.82, 2.24) is 15.5 Å². The molecule has 1 aromatic carbocycles. The van der Waals surface area contributed by atoms with E-state index in [9.17, 15) is 9.18 Å². The zero-order chi connectivity index (χ0) is 15.2. The highest BCUT2D eigenvalue weighted by Crippen LogP contribution is 2.19. The molecule has 1 aliphatic rings. The fraction of sp³-hybridized carbons (Fsp3) is 0.562. The van der Waals surface area contributed by atoms with E-state index in [2.05, 4.69) is 15.5 Å². The van der Waals surface area contributed by atoms with Gasteiger partial charge in [-0.2, -0.15) is 0 Å². The van der Waals surface area contributed by atoms with Crippen molar-refractivity contribution < 1.29 is 9.18 Å². The average Bonchev–Trinajstić information content (AvgIpc) is 2.86. The van der Waals surface area contributed by atoms with Gasteiger partial charge in [0.15, 0.2) is 0 Å². The summed E-state index contributed by atoms with van der Waals surface area (Å²) in [6.07, 6.45) is 1.04. The number of carbonyl (C=O) groups excluding carboxylic acids is 1. The van der Waals surface area contributed by atoms with E-state index in [1.807, 2.05) is 26.0 Å². The lowest BCUT2D eigenvalue weighted by molar-refractivity contribution is 0.236. The lowest BCUT2D eigenvalue weighted by Crippen LogP contribution is -2.41. The summed E-state index contributed by atoms with van der Waals surface area (Å²) < 4.78 is 13.6. The Morgan fingerprint density at radius 3 is 2.90 bits per heavy atom. The molecule has 21 heavy (non-hydrogen) atoms. The van der Waals surface area contributed by atoms with E-state index in [4.69, 9.17) is 0 Å². The van der Waals surface area contributed by atoms with Crippen molar-refractivity contribution in [3.05, 3.63) is 35.6 Å². The summed E-state index contributed by atoms with van der Waals surface area (Å²) in [4.78, 5) is 13.8. The maximum absolute atomic E-state index is 13.6. The first-order chi connectivity index (χ1) is 10.0. The lowest BCUT2D eigenvalue weighted by Gasteiger charge is -2.17. The van der Waals surface area contributed by atoms with Crippen LogP contribution in [0.25, 0.3) is 0 Å². The van der Waals surface area contributed by atoms with E-state index in [1.54, 1.807) is 6.07 Å². The molecule has 1 aromatic rings. The number of halogens is 1. The second-order valence-electron chi connectivity index (χ2n) is 5.99. The molecule has 0 bridgehead atoms. The third-order valence-corrected chi connectivity index (χ3v) is 3.69. The molecule has 2 amide bonds. The Balaban J connectivity index is 1.74. The average molecular weight is 293 g/mol. The van der Waals surface area contributed by atoms with Crippen LogP contribution in [0.15, 0.2) is 24.3 Å². The second-order valence-corrected chi connectivity index (χ2v) is 5.99. The molecule has 2 rings (SSSR count). The number of nitrogens with one attached hydrogen (secondary N) is 2. The van der Waals surface area contributed by atoms with Crippen LogP contribution in [0.2, 0.25) is 0 Å². The summed E-state index contributed by atoms with van der Waals surface area (Å²) in [5.41, 5.74) is 0.740. The Kier molecular flexibility index (Phi) is 5.56. The van der Waals surface area contributed by atoms with Crippen LogP contribution in [-0.2, 0) is 6.54 Å². The van der Waals surface area contributed by atoms with Gasteiger partial charge < -0.3 is 10.6 Å². The summed E-state index contributed by atoms with van der Waals surface area (Å²) in [5, 5.41) is 5.71. The fourth-order valence-electron chi connectivity index (χ4n) is 2.64. The van der Waals surface area contributed by atoms with Crippen molar-refractivity contribution in [2.45, 2.75) is 32.9 Å². The minimum Gasteiger partial charge on any atom is -0.338 e. The first kappa shape index (κ1) is 15.8. The van der Waals surface area contributed by atoms with E-state index in [-0.39, 0.29) is 17.9 Å². The molecule has 1 saturated heterocycles. The van der Waals surface area contributed by atoms with Crippen molar-refractivity contribution >= 4 is 6.03 Å². The molecule has 1 unspecified atom stereocenters. The number of hydrogen-bond acceptors (Lipinski definition) is 2. The van der Waals surface area contributed by atoms with E-state index >= 15 is 0 Å². The molecule has 0 spiro atoms. The second kappa shape index (κ2) is 7.41. The van der Waals surface area contributed by atoms with Crippen LogP contribution in [0.5, 0.6) is 0 Å². The summed E-state index contributed by atoms with van der Waals surface area (Å²) in [7, 11) is 0. The highest BCUT2D eigenvalue weighted by molar-refractivity contribution is 5.74. The Bertz CT molecular complexity index is 478. The van der Waals surface area contributed by atoms with Gasteiger partial charge in [0.25, 0.3) is 0 Å². The van der Waals surface area contributed by atoms with Gasteiger partial charge in [-0.3, -0.25) is 4.90 Å². The molecule has 1 fully saturated rings. The van der Waals surface area contributed by atoms with Crippen LogP contribution in [0, 0.1) is 11.7 Å². The van der Waals surface area contributed by atoms with Gasteiger partial charge in [0.05, 0.1) is 0 Å². The van der Waals surface area contributed by atoms with Crippen LogP contribution in [-0.4, -0.2) is 36.6 Å². The molecular weight excluding hydrogens is 269 g/mol. The third kappa shape index (κ3) is 5.01. The SMILES string of the molecule is CC(C)NC(=O)NCC1CCN(Cc2ccccc2F)C1. The normalized spacial score (nSPS) is 19.0. The van der Waals surface area contributed by atoms with Crippen LogP contribution in [0.4, 0.5) is 9.18 Å². The first-order valence-corrected chi connectivity index (χ1v) is 7.54. The monoisotopic (exact) mass is 293 g/mol. The van der Waals surface area contributed by atoms with E-state index in [0.29, 0.717) is 19.0 Å². The zero-order valence-corrected chi connectivity index (χ0v) is 12.7.